The van der Waals surface area contributed by atoms with E-state index in [1.54, 1.807) is 6.20 Å². The molecule has 2 heterocycles. The molecule has 36 heavy (non-hydrogen) atoms. The van der Waals surface area contributed by atoms with Crippen LogP contribution in [0.25, 0.3) is 0 Å². The Kier molecular flexibility index (Phi) is 8.38. The Hall–Kier alpha value is -2.24. The number of nitrogens with one attached hydrogen (secondary N) is 1. The van der Waals surface area contributed by atoms with Gasteiger partial charge in [-0.05, 0) is 113 Å². The molecule has 1 fully saturated rings. The lowest BCUT2D eigenvalue weighted by molar-refractivity contribution is -0.122. The Morgan fingerprint density at radius 1 is 1.03 bits per heavy atom. The summed E-state index contributed by atoms with van der Waals surface area (Å²) in [6.45, 7) is 0.543. The molecule has 3 aromatic rings. The van der Waals surface area contributed by atoms with Crippen molar-refractivity contribution in [1.29, 1.82) is 0 Å². The molecule has 0 radical (unpaired) electrons. The summed E-state index contributed by atoms with van der Waals surface area (Å²) < 4.78 is 1.04. The number of rotatable bonds is 5. The van der Waals surface area contributed by atoms with Crippen LogP contribution in [0.3, 0.4) is 0 Å². The summed E-state index contributed by atoms with van der Waals surface area (Å²) in [5.74, 6) is 1.36. The van der Waals surface area contributed by atoms with Crippen LogP contribution in [-0.2, 0) is 24.2 Å². The normalized spacial score (nSPS) is 21.9. The third-order valence-corrected chi connectivity index (χ3v) is 8.58. The number of carbonyl (C=O) groups excluding carboxylic acids is 1. The van der Waals surface area contributed by atoms with Crippen LogP contribution in [-0.4, -0.2) is 15.9 Å². The molecule has 2 aliphatic carbocycles. The van der Waals surface area contributed by atoms with Gasteiger partial charge in [0.05, 0.1) is 5.69 Å². The van der Waals surface area contributed by atoms with Crippen molar-refractivity contribution >= 4 is 33.4 Å². The zero-order valence-electron chi connectivity index (χ0n) is 20.6. The minimum Gasteiger partial charge on any atom is -0.352 e. The maximum absolute atomic E-state index is 12.7. The highest BCUT2D eigenvalue weighted by Gasteiger charge is 2.33. The van der Waals surface area contributed by atoms with E-state index in [1.165, 1.54) is 41.6 Å². The first-order chi connectivity index (χ1) is 17.6. The number of nitrogens with zero attached hydrogens (tertiary/aromatic N) is 2. The van der Waals surface area contributed by atoms with E-state index in [0.717, 1.165) is 47.2 Å². The van der Waals surface area contributed by atoms with Gasteiger partial charge in [-0.15, -0.1) is 0 Å². The molecule has 6 heteroatoms. The third kappa shape index (κ3) is 6.18. The number of pyridine rings is 2. The van der Waals surface area contributed by atoms with Crippen molar-refractivity contribution in [3.8, 4) is 0 Å². The molecule has 0 aliphatic heterocycles. The van der Waals surface area contributed by atoms with E-state index in [9.17, 15) is 4.79 Å². The quantitative estimate of drug-likeness (QED) is 0.350. The van der Waals surface area contributed by atoms with Crippen LogP contribution < -0.4 is 5.32 Å². The van der Waals surface area contributed by atoms with Gasteiger partial charge in [-0.1, -0.05) is 36.6 Å². The lowest BCUT2D eigenvalue weighted by Gasteiger charge is -2.32. The smallest absolute Gasteiger partial charge is 0.220 e. The molecule has 2 aliphatic rings. The number of amides is 1. The minimum atomic E-state index is 0.146. The fourth-order valence-electron chi connectivity index (χ4n) is 6.11. The zero-order valence-corrected chi connectivity index (χ0v) is 22.9. The monoisotopic (exact) mass is 565 g/mol. The standard InChI is InChI=1S/C30H33BrClN3O/c31-25-15-24-10-9-23-16-26(32)11-12-27(23)29(30(24)35-19-25)22-6-2-1-4-20(7-8-22)14-28(36)34-18-21-5-3-13-33-17-21/h3,5,11-13,15-17,19-20,22,29H,1-2,4,6-10,14,18H2,(H,34,36). The van der Waals surface area contributed by atoms with Gasteiger partial charge < -0.3 is 5.32 Å². The van der Waals surface area contributed by atoms with Gasteiger partial charge in [0.15, 0.2) is 0 Å². The Balaban J connectivity index is 1.32. The highest BCUT2D eigenvalue weighted by Crippen LogP contribution is 2.44. The minimum absolute atomic E-state index is 0.146. The van der Waals surface area contributed by atoms with Crippen molar-refractivity contribution in [2.24, 2.45) is 11.8 Å². The lowest BCUT2D eigenvalue weighted by atomic mass is 9.73. The lowest BCUT2D eigenvalue weighted by Crippen LogP contribution is -2.26. The van der Waals surface area contributed by atoms with Crippen molar-refractivity contribution in [2.75, 3.05) is 0 Å². The van der Waals surface area contributed by atoms with Crippen LogP contribution in [0, 0.1) is 11.8 Å². The Labute approximate surface area is 227 Å². The van der Waals surface area contributed by atoms with Gasteiger partial charge in [0, 0.05) is 47.0 Å². The molecule has 1 N–H and O–H groups in total. The van der Waals surface area contributed by atoms with E-state index in [4.69, 9.17) is 16.6 Å². The largest absolute Gasteiger partial charge is 0.352 e. The van der Waals surface area contributed by atoms with Crippen LogP contribution in [0.4, 0.5) is 0 Å². The van der Waals surface area contributed by atoms with Crippen molar-refractivity contribution in [2.45, 2.75) is 70.3 Å². The molecular formula is C30H33BrClN3O. The maximum atomic E-state index is 12.7. The Morgan fingerprint density at radius 3 is 2.75 bits per heavy atom. The van der Waals surface area contributed by atoms with Crippen LogP contribution >= 0.6 is 27.5 Å². The van der Waals surface area contributed by atoms with Gasteiger partial charge in [-0.2, -0.15) is 0 Å². The topological polar surface area (TPSA) is 54.9 Å². The fourth-order valence-corrected chi connectivity index (χ4v) is 6.69. The molecule has 188 valence electrons. The summed E-state index contributed by atoms with van der Waals surface area (Å²) in [7, 11) is 0. The highest BCUT2D eigenvalue weighted by molar-refractivity contribution is 9.10. The number of fused-ring (bicyclic) bond motifs is 2. The number of benzene rings is 1. The van der Waals surface area contributed by atoms with E-state index in [1.807, 2.05) is 30.6 Å². The van der Waals surface area contributed by atoms with E-state index >= 15 is 0 Å². The Bertz CT molecular complexity index is 1150. The van der Waals surface area contributed by atoms with Gasteiger partial charge in [-0.25, -0.2) is 0 Å². The van der Waals surface area contributed by atoms with Gasteiger partial charge >= 0.3 is 0 Å². The molecule has 4 nitrogen and oxygen atoms in total. The highest BCUT2D eigenvalue weighted by atomic mass is 79.9. The van der Waals surface area contributed by atoms with E-state index in [2.05, 4.69) is 44.4 Å². The molecule has 5 rings (SSSR count). The first-order valence-corrected chi connectivity index (χ1v) is 14.3. The molecule has 1 aromatic carbocycles. The summed E-state index contributed by atoms with van der Waals surface area (Å²) >= 11 is 10.1. The maximum Gasteiger partial charge on any atom is 0.220 e. The van der Waals surface area contributed by atoms with Crippen molar-refractivity contribution in [3.05, 3.63) is 92.4 Å². The van der Waals surface area contributed by atoms with E-state index < -0.39 is 0 Å². The van der Waals surface area contributed by atoms with Gasteiger partial charge in [0.25, 0.3) is 0 Å². The first kappa shape index (κ1) is 25.4. The van der Waals surface area contributed by atoms with Crippen LogP contribution in [0.2, 0.25) is 5.02 Å². The number of hydrogen-bond donors (Lipinski definition) is 1. The van der Waals surface area contributed by atoms with E-state index in [-0.39, 0.29) is 11.8 Å². The summed E-state index contributed by atoms with van der Waals surface area (Å²) in [4.78, 5) is 21.9. The molecule has 3 atom stereocenters. The van der Waals surface area contributed by atoms with Crippen molar-refractivity contribution in [1.82, 2.24) is 15.3 Å². The van der Waals surface area contributed by atoms with Crippen molar-refractivity contribution < 1.29 is 4.79 Å². The molecule has 2 aromatic heterocycles. The number of aryl methyl sites for hydroxylation is 2. The molecular weight excluding hydrogens is 534 g/mol. The van der Waals surface area contributed by atoms with Crippen LogP contribution in [0.1, 0.15) is 78.8 Å². The SMILES string of the molecule is O=C(CC1CCCCC(C2c3ccc(Cl)cc3CCc3cc(Br)cnc32)CC1)NCc1cccnc1. The molecule has 0 saturated heterocycles. The summed E-state index contributed by atoms with van der Waals surface area (Å²) in [6.07, 6.45) is 15.0. The van der Waals surface area contributed by atoms with Gasteiger partial charge in [0.2, 0.25) is 5.91 Å². The van der Waals surface area contributed by atoms with Crippen molar-refractivity contribution in [3.63, 3.8) is 0 Å². The summed E-state index contributed by atoms with van der Waals surface area (Å²) in [6, 6.07) is 12.6. The summed E-state index contributed by atoms with van der Waals surface area (Å²) in [5, 5.41) is 3.90. The predicted octanol–water partition coefficient (Wildman–Crippen LogP) is 7.42. The molecule has 1 amide bonds. The third-order valence-electron chi connectivity index (χ3n) is 7.91. The fraction of sp³-hybridized carbons (Fsp3) is 0.433. The van der Waals surface area contributed by atoms with Gasteiger partial charge in [0.1, 0.15) is 0 Å². The molecule has 3 unspecified atom stereocenters. The second kappa shape index (κ2) is 11.9. The number of aromatic nitrogens is 2. The molecule has 1 saturated carbocycles. The number of halogens is 2. The van der Waals surface area contributed by atoms with Crippen LogP contribution in [0.15, 0.2) is 59.5 Å². The first-order valence-electron chi connectivity index (χ1n) is 13.1. The predicted molar refractivity (Wildman–Crippen MR) is 148 cm³/mol. The zero-order chi connectivity index (χ0) is 24.9. The molecule has 0 bridgehead atoms. The summed E-state index contributed by atoms with van der Waals surface area (Å²) in [5.41, 5.74) is 6.36. The average molecular weight is 567 g/mol. The second-order valence-electron chi connectivity index (χ2n) is 10.3. The molecule has 0 spiro atoms. The van der Waals surface area contributed by atoms with Gasteiger partial charge in [-0.3, -0.25) is 14.8 Å². The van der Waals surface area contributed by atoms with Crippen LogP contribution in [0.5, 0.6) is 0 Å². The van der Waals surface area contributed by atoms with E-state index in [0.29, 0.717) is 24.8 Å². The number of carbonyl (C=O) groups is 1. The second-order valence-corrected chi connectivity index (χ2v) is 11.7. The Morgan fingerprint density at radius 2 is 1.89 bits per heavy atom. The number of hydrogen-bond acceptors (Lipinski definition) is 3. The average Bonchev–Trinajstić information content (AvgIpc) is 3.02.